The van der Waals surface area contributed by atoms with E-state index in [1.807, 2.05) is 13.2 Å². The molecule has 2 atom stereocenters. The summed E-state index contributed by atoms with van der Waals surface area (Å²) in [6, 6.07) is 1.27. The minimum absolute atomic E-state index is 0.0353. The number of aromatic nitrogens is 1. The monoisotopic (exact) mass is 313 g/mol. The van der Waals surface area contributed by atoms with Crippen molar-refractivity contribution in [1.29, 1.82) is 0 Å². The van der Waals surface area contributed by atoms with Gasteiger partial charge in [0, 0.05) is 23.4 Å². The van der Waals surface area contributed by atoms with Crippen LogP contribution in [0.4, 0.5) is 5.69 Å². The van der Waals surface area contributed by atoms with Gasteiger partial charge < -0.3 is 15.0 Å². The smallest absolute Gasteiger partial charge is 0.287 e. The number of thioether (sulfide) groups is 1. The first kappa shape index (κ1) is 15.8. The largest absolute Gasteiger partial charge is 0.395 e. The zero-order chi connectivity index (χ0) is 15.6. The highest BCUT2D eigenvalue weighted by atomic mass is 32.2. The van der Waals surface area contributed by atoms with Crippen LogP contribution in [0.25, 0.3) is 0 Å². The fraction of sp³-hybridized carbons (Fsp3) is 0.615. The number of hydrogen-bond donors (Lipinski definition) is 2. The van der Waals surface area contributed by atoms with Crippen LogP contribution < -0.4 is 5.32 Å². The molecular weight excluding hydrogens is 294 g/mol. The molecule has 7 nitrogen and oxygen atoms in total. The molecule has 0 aliphatic heterocycles. The van der Waals surface area contributed by atoms with Gasteiger partial charge in [-0.1, -0.05) is 0 Å². The number of nitro groups is 1. The van der Waals surface area contributed by atoms with E-state index < -0.39 is 4.92 Å². The lowest BCUT2D eigenvalue weighted by Gasteiger charge is -2.21. The Morgan fingerprint density at radius 2 is 2.33 bits per heavy atom. The molecular formula is C13H19N3O4S. The molecule has 1 fully saturated rings. The van der Waals surface area contributed by atoms with Crippen molar-refractivity contribution in [1.82, 2.24) is 9.88 Å². The van der Waals surface area contributed by atoms with Gasteiger partial charge in [-0.3, -0.25) is 14.9 Å². The van der Waals surface area contributed by atoms with E-state index in [4.69, 9.17) is 0 Å². The average molecular weight is 313 g/mol. The molecule has 8 heteroatoms. The third kappa shape index (κ3) is 3.56. The van der Waals surface area contributed by atoms with Crippen LogP contribution in [-0.4, -0.2) is 44.7 Å². The van der Waals surface area contributed by atoms with Crippen molar-refractivity contribution in [3.8, 4) is 0 Å². The number of hydrogen-bond acceptors (Lipinski definition) is 5. The van der Waals surface area contributed by atoms with Crippen LogP contribution in [0.5, 0.6) is 0 Å². The topological polar surface area (TPSA) is 97.4 Å². The van der Waals surface area contributed by atoms with E-state index in [2.05, 4.69) is 5.32 Å². The highest BCUT2D eigenvalue weighted by Crippen LogP contribution is 2.37. The number of nitrogens with zero attached hydrogens (tertiary/aromatic N) is 2. The molecule has 2 rings (SSSR count). The van der Waals surface area contributed by atoms with Crippen molar-refractivity contribution in [3.05, 3.63) is 28.1 Å². The highest BCUT2D eigenvalue weighted by molar-refractivity contribution is 7.99. The maximum atomic E-state index is 12.3. The third-order valence-corrected chi connectivity index (χ3v) is 4.78. The second-order valence-corrected chi connectivity index (χ2v) is 6.27. The number of aliphatic hydroxyl groups is 1. The van der Waals surface area contributed by atoms with Crippen molar-refractivity contribution in [2.45, 2.75) is 37.1 Å². The predicted molar refractivity (Wildman–Crippen MR) is 80.7 cm³/mol. The maximum absolute atomic E-state index is 12.3. The zero-order valence-corrected chi connectivity index (χ0v) is 12.8. The molecule has 2 N–H and O–H groups in total. The van der Waals surface area contributed by atoms with Crippen LogP contribution in [0.1, 0.15) is 36.3 Å². The van der Waals surface area contributed by atoms with Gasteiger partial charge in [0.25, 0.3) is 11.6 Å². The Bertz CT molecular complexity index is 538. The van der Waals surface area contributed by atoms with Gasteiger partial charge in [-0.05, 0) is 26.0 Å². The number of rotatable bonds is 7. The van der Waals surface area contributed by atoms with Crippen LogP contribution in [0.2, 0.25) is 0 Å². The molecule has 0 spiro atoms. The molecule has 1 aromatic heterocycles. The van der Waals surface area contributed by atoms with Crippen molar-refractivity contribution in [2.24, 2.45) is 0 Å². The second-order valence-electron chi connectivity index (χ2n) is 5.20. The molecule has 0 saturated heterocycles. The molecule has 0 bridgehead atoms. The average Bonchev–Trinajstić information content (AvgIpc) is 3.18. The van der Waals surface area contributed by atoms with Crippen LogP contribution in [0, 0.1) is 10.1 Å². The minimum atomic E-state index is -0.489. The van der Waals surface area contributed by atoms with Crippen LogP contribution in [0.3, 0.4) is 0 Å². The fourth-order valence-corrected chi connectivity index (χ4v) is 2.84. The van der Waals surface area contributed by atoms with Gasteiger partial charge in [-0.2, -0.15) is 11.8 Å². The first-order valence-electron chi connectivity index (χ1n) is 6.78. The molecule has 21 heavy (non-hydrogen) atoms. The molecule has 1 heterocycles. The molecule has 2 unspecified atom stereocenters. The standard InChI is InChI=1S/C13H19N3O4S/c1-8(12(7-17)21-2)14-13(18)11-5-10(16(19)20)6-15(11)9-3-4-9/h5-6,8-9,12,17H,3-4,7H2,1-2H3,(H,14,18). The molecule has 1 amide bonds. The number of amides is 1. The third-order valence-electron chi connectivity index (χ3n) is 3.62. The molecule has 1 aliphatic carbocycles. The lowest BCUT2D eigenvalue weighted by Crippen LogP contribution is -2.41. The van der Waals surface area contributed by atoms with Gasteiger partial charge in [0.2, 0.25) is 0 Å². The van der Waals surface area contributed by atoms with Gasteiger partial charge in [0.15, 0.2) is 0 Å². The summed E-state index contributed by atoms with van der Waals surface area (Å²) in [5.74, 6) is -0.338. The van der Waals surface area contributed by atoms with Gasteiger partial charge >= 0.3 is 0 Å². The van der Waals surface area contributed by atoms with Gasteiger partial charge in [-0.15, -0.1) is 0 Å². The molecule has 0 aromatic carbocycles. The Balaban J connectivity index is 2.16. The summed E-state index contributed by atoms with van der Waals surface area (Å²) >= 11 is 1.47. The van der Waals surface area contributed by atoms with Gasteiger partial charge in [0.05, 0.1) is 17.7 Å². The Morgan fingerprint density at radius 3 is 2.81 bits per heavy atom. The molecule has 1 aromatic rings. The normalized spacial score (nSPS) is 17.3. The number of nitrogens with one attached hydrogen (secondary N) is 1. The summed E-state index contributed by atoms with van der Waals surface area (Å²) in [5, 5.41) is 22.8. The molecule has 116 valence electrons. The highest BCUT2D eigenvalue weighted by Gasteiger charge is 2.31. The number of aliphatic hydroxyl groups excluding tert-OH is 1. The minimum Gasteiger partial charge on any atom is -0.395 e. The van der Waals surface area contributed by atoms with Crippen LogP contribution >= 0.6 is 11.8 Å². The van der Waals surface area contributed by atoms with Crippen molar-refractivity contribution in [3.63, 3.8) is 0 Å². The Kier molecular flexibility index (Phi) is 4.89. The summed E-state index contributed by atoms with van der Waals surface area (Å²) in [4.78, 5) is 22.7. The maximum Gasteiger partial charge on any atom is 0.287 e. The molecule has 1 aliphatic rings. The lowest BCUT2D eigenvalue weighted by atomic mass is 10.2. The summed E-state index contributed by atoms with van der Waals surface area (Å²) in [6.45, 7) is 1.78. The van der Waals surface area contributed by atoms with Crippen LogP contribution in [0.15, 0.2) is 12.3 Å². The van der Waals surface area contributed by atoms with E-state index in [0.717, 1.165) is 12.8 Å². The van der Waals surface area contributed by atoms with Crippen molar-refractivity contribution >= 4 is 23.4 Å². The van der Waals surface area contributed by atoms with E-state index in [0.29, 0.717) is 5.69 Å². The van der Waals surface area contributed by atoms with Crippen LogP contribution in [-0.2, 0) is 0 Å². The number of carbonyl (C=O) groups is 1. The van der Waals surface area contributed by atoms with Crippen molar-refractivity contribution < 1.29 is 14.8 Å². The first-order chi connectivity index (χ1) is 9.97. The Morgan fingerprint density at radius 1 is 1.67 bits per heavy atom. The summed E-state index contributed by atoms with van der Waals surface area (Å²) < 4.78 is 1.69. The van der Waals surface area contributed by atoms with E-state index in [-0.39, 0.29) is 35.5 Å². The van der Waals surface area contributed by atoms with E-state index in [9.17, 15) is 20.0 Å². The Hall–Kier alpha value is -1.54. The van der Waals surface area contributed by atoms with E-state index in [1.54, 1.807) is 4.57 Å². The number of carbonyl (C=O) groups excluding carboxylic acids is 1. The zero-order valence-electron chi connectivity index (χ0n) is 12.0. The van der Waals surface area contributed by atoms with E-state index >= 15 is 0 Å². The van der Waals surface area contributed by atoms with E-state index in [1.165, 1.54) is 24.0 Å². The molecule has 0 radical (unpaired) electrons. The quantitative estimate of drug-likeness (QED) is 0.588. The summed E-state index contributed by atoms with van der Waals surface area (Å²) in [7, 11) is 0. The Labute approximate surface area is 126 Å². The van der Waals surface area contributed by atoms with Gasteiger partial charge in [0.1, 0.15) is 5.69 Å². The summed E-state index contributed by atoms with van der Waals surface area (Å²) in [5.41, 5.74) is 0.247. The lowest BCUT2D eigenvalue weighted by molar-refractivity contribution is -0.384. The van der Waals surface area contributed by atoms with Crippen molar-refractivity contribution in [2.75, 3.05) is 12.9 Å². The molecule has 1 saturated carbocycles. The fourth-order valence-electron chi connectivity index (χ4n) is 2.21. The predicted octanol–water partition coefficient (Wildman–Crippen LogP) is 1.57. The SMILES string of the molecule is CSC(CO)C(C)NC(=O)c1cc([N+](=O)[O-])cn1C1CC1. The summed E-state index contributed by atoms with van der Waals surface area (Å²) in [6.07, 6.45) is 5.16. The first-order valence-corrected chi connectivity index (χ1v) is 8.07. The second kappa shape index (κ2) is 6.48. The van der Waals surface area contributed by atoms with Gasteiger partial charge in [-0.25, -0.2) is 0 Å².